The van der Waals surface area contributed by atoms with Crippen LogP contribution in [0.1, 0.15) is 24.0 Å². The number of rotatable bonds is 3. The van der Waals surface area contributed by atoms with Gasteiger partial charge in [-0.05, 0) is 22.6 Å². The topological polar surface area (TPSA) is 15.6 Å². The molecule has 0 bridgehead atoms. The first-order valence-corrected chi connectivity index (χ1v) is 6.28. The van der Waals surface area contributed by atoms with E-state index in [-0.39, 0.29) is 0 Å². The fourth-order valence-electron chi connectivity index (χ4n) is 2.44. The lowest BCUT2D eigenvalue weighted by atomic mass is 9.77. The molecule has 0 radical (unpaired) electrons. The maximum absolute atomic E-state index is 4.35. The highest BCUT2D eigenvalue weighted by Gasteiger charge is 2.23. The van der Waals surface area contributed by atoms with E-state index in [9.17, 15) is 0 Å². The Hall–Kier alpha value is -1.83. The van der Waals surface area contributed by atoms with Gasteiger partial charge in [0.1, 0.15) is 0 Å². The maximum atomic E-state index is 4.35. The molecule has 1 aliphatic carbocycles. The lowest BCUT2D eigenvalue weighted by Gasteiger charge is -2.27. The lowest BCUT2D eigenvalue weighted by Crippen LogP contribution is -2.14. The van der Waals surface area contributed by atoms with Gasteiger partial charge < -0.3 is 5.01 Å². The molecule has 0 amide bonds. The van der Waals surface area contributed by atoms with Gasteiger partial charge in [0.05, 0.1) is 6.21 Å². The Balaban J connectivity index is 2.46. The Morgan fingerprint density at radius 2 is 2.00 bits per heavy atom. The molecule has 2 unspecified atom stereocenters. The Bertz CT molecular complexity index is 498. The molecule has 2 heteroatoms. The summed E-state index contributed by atoms with van der Waals surface area (Å²) in [5, 5.41) is 6.16. The zero-order valence-electron chi connectivity index (χ0n) is 11.3. The van der Waals surface area contributed by atoms with Gasteiger partial charge in [0, 0.05) is 20.0 Å². The van der Waals surface area contributed by atoms with Crippen LogP contribution in [0, 0.1) is 5.92 Å². The number of benzene rings is 1. The number of hydrogen-bond donors (Lipinski definition) is 0. The molecule has 2 nitrogen and oxygen atoms in total. The molecule has 0 aromatic heterocycles. The Morgan fingerprint density at radius 1 is 1.28 bits per heavy atom. The average Bonchev–Trinajstić information content (AvgIpc) is 2.36. The smallest absolute Gasteiger partial charge is 0.0545 e. The summed E-state index contributed by atoms with van der Waals surface area (Å²) in [5.74, 6) is 0.860. The molecule has 94 valence electrons. The van der Waals surface area contributed by atoms with Gasteiger partial charge in [-0.3, -0.25) is 0 Å². The van der Waals surface area contributed by atoms with Gasteiger partial charge in [-0.25, -0.2) is 0 Å². The van der Waals surface area contributed by atoms with E-state index < -0.39 is 0 Å². The van der Waals surface area contributed by atoms with Crippen LogP contribution >= 0.6 is 0 Å². The first-order chi connectivity index (χ1) is 8.63. The van der Waals surface area contributed by atoms with E-state index in [0.717, 1.165) is 0 Å². The van der Waals surface area contributed by atoms with Crippen molar-refractivity contribution in [1.29, 1.82) is 0 Å². The highest BCUT2D eigenvalue weighted by Crippen LogP contribution is 2.37. The minimum atomic E-state index is 0.401. The van der Waals surface area contributed by atoms with Crippen LogP contribution in [0.3, 0.4) is 0 Å². The standard InChI is InChI=1S/C16H20N2/c1-5-14-12(2)10-13(11-17-18(3)4)15-8-6-7-9-16(14)15/h5-12,14H,1H2,2-4H3/b17-11+. The summed E-state index contributed by atoms with van der Waals surface area (Å²) >= 11 is 0. The molecule has 1 aliphatic rings. The molecule has 0 fully saturated rings. The quantitative estimate of drug-likeness (QED) is 0.448. The van der Waals surface area contributed by atoms with Crippen molar-refractivity contribution in [3.05, 3.63) is 54.1 Å². The van der Waals surface area contributed by atoms with Crippen LogP contribution < -0.4 is 0 Å². The maximum Gasteiger partial charge on any atom is 0.0545 e. The fraction of sp³-hybridized carbons (Fsp3) is 0.312. The lowest BCUT2D eigenvalue weighted by molar-refractivity contribution is 0.441. The Kier molecular flexibility index (Phi) is 3.66. The molecule has 2 rings (SSSR count). The molecule has 0 N–H and O–H groups in total. The zero-order valence-corrected chi connectivity index (χ0v) is 11.3. The minimum Gasteiger partial charge on any atom is -0.303 e. The van der Waals surface area contributed by atoms with Gasteiger partial charge in [0.2, 0.25) is 0 Å². The van der Waals surface area contributed by atoms with Crippen molar-refractivity contribution < 1.29 is 0 Å². The summed E-state index contributed by atoms with van der Waals surface area (Å²) in [6.45, 7) is 6.19. The molecular formula is C16H20N2. The third-order valence-corrected chi connectivity index (χ3v) is 3.32. The molecule has 0 saturated carbocycles. The highest BCUT2D eigenvalue weighted by molar-refractivity contribution is 6.11. The van der Waals surface area contributed by atoms with E-state index in [0.29, 0.717) is 11.8 Å². The second-order valence-electron chi connectivity index (χ2n) is 4.92. The first-order valence-electron chi connectivity index (χ1n) is 6.28. The minimum absolute atomic E-state index is 0.401. The van der Waals surface area contributed by atoms with Gasteiger partial charge in [0.25, 0.3) is 0 Å². The van der Waals surface area contributed by atoms with E-state index >= 15 is 0 Å². The molecule has 0 aliphatic heterocycles. The van der Waals surface area contributed by atoms with Crippen molar-refractivity contribution in [3.8, 4) is 0 Å². The van der Waals surface area contributed by atoms with Crippen LogP contribution in [-0.4, -0.2) is 25.3 Å². The number of hydrazone groups is 1. The fourth-order valence-corrected chi connectivity index (χ4v) is 2.44. The van der Waals surface area contributed by atoms with Gasteiger partial charge >= 0.3 is 0 Å². The zero-order chi connectivity index (χ0) is 13.1. The Morgan fingerprint density at radius 3 is 2.67 bits per heavy atom. The van der Waals surface area contributed by atoms with Crippen molar-refractivity contribution >= 4 is 11.8 Å². The molecule has 0 spiro atoms. The first kappa shape index (κ1) is 12.6. The van der Waals surface area contributed by atoms with Crippen molar-refractivity contribution in [2.45, 2.75) is 12.8 Å². The van der Waals surface area contributed by atoms with Gasteiger partial charge in [-0.2, -0.15) is 5.10 Å². The van der Waals surface area contributed by atoms with Crippen LogP contribution in [0.25, 0.3) is 5.57 Å². The van der Waals surface area contributed by atoms with E-state index in [1.54, 1.807) is 0 Å². The van der Waals surface area contributed by atoms with Crippen molar-refractivity contribution in [1.82, 2.24) is 5.01 Å². The largest absolute Gasteiger partial charge is 0.303 e. The van der Waals surface area contributed by atoms with Crippen LogP contribution in [0.15, 0.2) is 48.1 Å². The molecule has 0 saturated heterocycles. The van der Waals surface area contributed by atoms with Gasteiger partial charge in [-0.1, -0.05) is 43.3 Å². The molecule has 0 heterocycles. The van der Waals surface area contributed by atoms with Gasteiger partial charge in [0.15, 0.2) is 0 Å². The summed E-state index contributed by atoms with van der Waals surface area (Å²) in [7, 11) is 3.86. The van der Waals surface area contributed by atoms with Crippen LogP contribution in [0.2, 0.25) is 0 Å². The van der Waals surface area contributed by atoms with Crippen LogP contribution in [0.5, 0.6) is 0 Å². The summed E-state index contributed by atoms with van der Waals surface area (Å²) < 4.78 is 0. The summed E-state index contributed by atoms with van der Waals surface area (Å²) in [5.41, 5.74) is 3.82. The van der Waals surface area contributed by atoms with Crippen LogP contribution in [-0.2, 0) is 0 Å². The van der Waals surface area contributed by atoms with Crippen molar-refractivity contribution in [3.63, 3.8) is 0 Å². The number of allylic oxidation sites excluding steroid dienone is 3. The number of hydrogen-bond acceptors (Lipinski definition) is 2. The van der Waals surface area contributed by atoms with E-state index in [4.69, 9.17) is 0 Å². The van der Waals surface area contributed by atoms with E-state index in [1.165, 1.54) is 16.7 Å². The monoisotopic (exact) mass is 240 g/mol. The second kappa shape index (κ2) is 5.21. The normalized spacial score (nSPS) is 22.5. The third-order valence-electron chi connectivity index (χ3n) is 3.32. The molecule has 2 atom stereocenters. The van der Waals surface area contributed by atoms with Crippen molar-refractivity contribution in [2.75, 3.05) is 14.1 Å². The van der Waals surface area contributed by atoms with Gasteiger partial charge in [-0.15, -0.1) is 6.58 Å². The number of fused-ring (bicyclic) bond motifs is 1. The van der Waals surface area contributed by atoms with E-state index in [2.05, 4.69) is 48.9 Å². The summed E-state index contributed by atoms with van der Waals surface area (Å²) in [4.78, 5) is 0. The molecular weight excluding hydrogens is 220 g/mol. The Labute approximate surface area is 109 Å². The predicted molar refractivity (Wildman–Crippen MR) is 78.7 cm³/mol. The SMILES string of the molecule is C=CC1c2ccccc2C(/C=N/N(C)C)=CC1C. The highest BCUT2D eigenvalue weighted by atomic mass is 15.4. The van der Waals surface area contributed by atoms with E-state index in [1.807, 2.05) is 31.4 Å². The summed E-state index contributed by atoms with van der Waals surface area (Å²) in [6.07, 6.45) is 6.26. The third kappa shape index (κ3) is 2.37. The predicted octanol–water partition coefficient (Wildman–Crippen LogP) is 3.54. The number of nitrogens with zero attached hydrogens (tertiary/aromatic N) is 2. The summed E-state index contributed by atoms with van der Waals surface area (Å²) in [6, 6.07) is 8.51. The average molecular weight is 240 g/mol. The van der Waals surface area contributed by atoms with Crippen molar-refractivity contribution in [2.24, 2.45) is 11.0 Å². The van der Waals surface area contributed by atoms with Crippen LogP contribution in [0.4, 0.5) is 0 Å². The molecule has 1 aromatic carbocycles. The molecule has 1 aromatic rings. The molecule has 18 heavy (non-hydrogen) atoms. The second-order valence-corrected chi connectivity index (χ2v) is 4.92.